The number of carbonyl (C=O) groups is 1. The van der Waals surface area contributed by atoms with Gasteiger partial charge in [0.05, 0.1) is 12.7 Å². The number of amides is 1. The van der Waals surface area contributed by atoms with E-state index in [1.807, 2.05) is 31.2 Å². The topological polar surface area (TPSA) is 62.2 Å². The van der Waals surface area contributed by atoms with Crippen molar-refractivity contribution >= 4 is 22.9 Å². The molecular formula is C22H30N2O2. The van der Waals surface area contributed by atoms with Gasteiger partial charge in [0.2, 0.25) is 0 Å². The second kappa shape index (κ2) is 9.37. The first-order valence-corrected chi connectivity index (χ1v) is 9.45. The van der Waals surface area contributed by atoms with Crippen molar-refractivity contribution in [1.29, 1.82) is 5.41 Å². The quantitative estimate of drug-likeness (QED) is 0.624. The highest BCUT2D eigenvalue weighted by molar-refractivity contribution is 6.05. The van der Waals surface area contributed by atoms with Gasteiger partial charge >= 0.3 is 0 Å². The summed E-state index contributed by atoms with van der Waals surface area (Å²) in [6, 6.07) is 10.1. The Bertz CT molecular complexity index is 770. The van der Waals surface area contributed by atoms with Crippen LogP contribution in [0.2, 0.25) is 0 Å². The number of carbonyl (C=O) groups excluding carboxylic acids is 1. The first kappa shape index (κ1) is 20.0. The summed E-state index contributed by atoms with van der Waals surface area (Å²) in [5.41, 5.74) is 1.65. The minimum absolute atomic E-state index is 0.0864. The maximum absolute atomic E-state index is 13.0. The highest BCUT2D eigenvalue weighted by atomic mass is 16.5. The third-order valence-corrected chi connectivity index (χ3v) is 4.82. The Labute approximate surface area is 156 Å². The number of hydrogen-bond donors (Lipinski definition) is 2. The zero-order valence-corrected chi connectivity index (χ0v) is 16.3. The predicted molar refractivity (Wildman–Crippen MR) is 109 cm³/mol. The van der Waals surface area contributed by atoms with Crippen LogP contribution in [-0.4, -0.2) is 25.3 Å². The van der Waals surface area contributed by atoms with Gasteiger partial charge in [-0.2, -0.15) is 0 Å². The predicted octanol–water partition coefficient (Wildman–Crippen LogP) is 4.99. The van der Waals surface area contributed by atoms with Crippen molar-refractivity contribution in [1.82, 2.24) is 5.32 Å². The lowest BCUT2D eigenvalue weighted by molar-refractivity contribution is 0.0931. The molecule has 2 aromatic rings. The second-order valence-corrected chi connectivity index (χ2v) is 6.88. The van der Waals surface area contributed by atoms with Crippen LogP contribution >= 0.6 is 0 Å². The number of methoxy groups -OCH3 is 1. The van der Waals surface area contributed by atoms with Crippen molar-refractivity contribution in [3.8, 4) is 5.75 Å². The molecule has 2 rings (SSSR count). The summed E-state index contributed by atoms with van der Waals surface area (Å²) in [7, 11) is 1.61. The Morgan fingerprint density at radius 1 is 1.27 bits per heavy atom. The first-order chi connectivity index (χ1) is 12.5. The van der Waals surface area contributed by atoms with Crippen LogP contribution in [0.5, 0.6) is 5.75 Å². The Morgan fingerprint density at radius 2 is 1.96 bits per heavy atom. The van der Waals surface area contributed by atoms with Crippen LogP contribution in [0.1, 0.15) is 56.0 Å². The fraction of sp³-hybridized carbons (Fsp3) is 0.455. The molecule has 0 aromatic heterocycles. The molecule has 0 aliphatic rings. The minimum Gasteiger partial charge on any atom is -0.495 e. The molecule has 2 aromatic carbocycles. The van der Waals surface area contributed by atoms with Crippen LogP contribution in [-0.2, 0) is 6.42 Å². The molecule has 0 spiro atoms. The van der Waals surface area contributed by atoms with Crippen LogP contribution < -0.4 is 10.1 Å². The fourth-order valence-electron chi connectivity index (χ4n) is 3.38. The van der Waals surface area contributed by atoms with Crippen LogP contribution in [0.4, 0.5) is 0 Å². The third kappa shape index (κ3) is 4.43. The molecule has 140 valence electrons. The van der Waals surface area contributed by atoms with Crippen molar-refractivity contribution in [3.63, 3.8) is 0 Å². The summed E-state index contributed by atoms with van der Waals surface area (Å²) in [6.45, 7) is 6.23. The summed E-state index contributed by atoms with van der Waals surface area (Å²) >= 11 is 0. The van der Waals surface area contributed by atoms with Crippen LogP contribution in [0, 0.1) is 11.3 Å². The van der Waals surface area contributed by atoms with E-state index in [-0.39, 0.29) is 17.9 Å². The van der Waals surface area contributed by atoms with Gasteiger partial charge in [0, 0.05) is 11.4 Å². The summed E-state index contributed by atoms with van der Waals surface area (Å²) in [5, 5.41) is 12.7. The van der Waals surface area contributed by atoms with Crippen LogP contribution in [0.15, 0.2) is 30.3 Å². The lowest BCUT2D eigenvalue weighted by Crippen LogP contribution is -2.34. The highest BCUT2D eigenvalue weighted by Gasteiger charge is 2.20. The van der Waals surface area contributed by atoms with Crippen molar-refractivity contribution in [3.05, 3.63) is 41.5 Å². The second-order valence-electron chi connectivity index (χ2n) is 6.88. The first-order valence-electron chi connectivity index (χ1n) is 9.45. The SMILES string of the molecule is CCCC(CC)NC(=O)c1cc(CC(C)C=N)c2ccccc2c1OC. The van der Waals surface area contributed by atoms with E-state index in [0.29, 0.717) is 11.3 Å². The van der Waals surface area contributed by atoms with Crippen molar-refractivity contribution < 1.29 is 9.53 Å². The van der Waals surface area contributed by atoms with E-state index in [0.717, 1.165) is 42.0 Å². The molecular weight excluding hydrogens is 324 g/mol. The molecule has 0 bridgehead atoms. The maximum atomic E-state index is 13.0. The van der Waals surface area contributed by atoms with Gasteiger partial charge in [-0.3, -0.25) is 4.79 Å². The Kier molecular flexibility index (Phi) is 7.19. The van der Waals surface area contributed by atoms with Gasteiger partial charge in [-0.15, -0.1) is 0 Å². The van der Waals surface area contributed by atoms with Gasteiger partial charge in [0.25, 0.3) is 5.91 Å². The average molecular weight is 354 g/mol. The molecule has 26 heavy (non-hydrogen) atoms. The summed E-state index contributed by atoms with van der Waals surface area (Å²) in [4.78, 5) is 13.0. The third-order valence-electron chi connectivity index (χ3n) is 4.82. The summed E-state index contributed by atoms with van der Waals surface area (Å²) in [5.74, 6) is 0.651. The Morgan fingerprint density at radius 3 is 2.54 bits per heavy atom. The number of fused-ring (bicyclic) bond motifs is 1. The smallest absolute Gasteiger partial charge is 0.255 e. The minimum atomic E-state index is -0.0864. The number of nitrogens with one attached hydrogen (secondary N) is 2. The summed E-state index contributed by atoms with van der Waals surface area (Å²) in [6.07, 6.45) is 5.09. The molecule has 2 unspecified atom stereocenters. The number of hydrogen-bond acceptors (Lipinski definition) is 3. The average Bonchev–Trinajstić information content (AvgIpc) is 2.67. The Balaban J connectivity index is 2.53. The van der Waals surface area contributed by atoms with Crippen LogP contribution in [0.3, 0.4) is 0 Å². The van der Waals surface area contributed by atoms with Gasteiger partial charge in [-0.05, 0) is 48.4 Å². The fourth-order valence-corrected chi connectivity index (χ4v) is 3.38. The van der Waals surface area contributed by atoms with E-state index in [2.05, 4.69) is 25.2 Å². The molecule has 1 amide bonds. The number of benzene rings is 2. The Hall–Kier alpha value is -2.36. The largest absolute Gasteiger partial charge is 0.495 e. The van der Waals surface area contributed by atoms with Gasteiger partial charge in [0.1, 0.15) is 5.75 Å². The molecule has 2 N–H and O–H groups in total. The molecule has 4 nitrogen and oxygen atoms in total. The highest BCUT2D eigenvalue weighted by Crippen LogP contribution is 2.33. The molecule has 0 aliphatic heterocycles. The monoisotopic (exact) mass is 354 g/mol. The van der Waals surface area contributed by atoms with Crippen molar-refractivity contribution in [2.75, 3.05) is 7.11 Å². The number of rotatable bonds is 9. The van der Waals surface area contributed by atoms with Crippen LogP contribution in [0.25, 0.3) is 10.8 Å². The lowest BCUT2D eigenvalue weighted by atomic mass is 9.93. The maximum Gasteiger partial charge on any atom is 0.255 e. The van der Waals surface area contributed by atoms with Crippen molar-refractivity contribution in [2.45, 2.75) is 52.5 Å². The van der Waals surface area contributed by atoms with Gasteiger partial charge in [-0.25, -0.2) is 0 Å². The van der Waals surface area contributed by atoms with E-state index < -0.39 is 0 Å². The molecule has 0 fully saturated rings. The van der Waals surface area contributed by atoms with Gasteiger partial charge in [-0.1, -0.05) is 51.5 Å². The number of ether oxygens (including phenoxy) is 1. The lowest BCUT2D eigenvalue weighted by Gasteiger charge is -2.20. The normalized spacial score (nSPS) is 13.2. The van der Waals surface area contributed by atoms with Gasteiger partial charge in [0.15, 0.2) is 0 Å². The molecule has 0 saturated carbocycles. The van der Waals surface area contributed by atoms with E-state index in [4.69, 9.17) is 10.1 Å². The van der Waals surface area contributed by atoms with Crippen molar-refractivity contribution in [2.24, 2.45) is 5.92 Å². The van der Waals surface area contributed by atoms with E-state index in [1.54, 1.807) is 7.11 Å². The summed E-state index contributed by atoms with van der Waals surface area (Å²) < 4.78 is 5.64. The zero-order chi connectivity index (χ0) is 19.1. The molecule has 0 radical (unpaired) electrons. The standard InChI is InChI=1S/C22H30N2O2/c1-5-9-17(6-2)24-22(25)20-13-16(12-15(3)14-23)18-10-7-8-11-19(18)21(20)26-4/h7-8,10-11,13-15,17,23H,5-6,9,12H2,1-4H3,(H,24,25). The molecule has 4 heteroatoms. The molecule has 2 atom stereocenters. The van der Waals surface area contributed by atoms with E-state index in [1.165, 1.54) is 6.21 Å². The molecule has 0 aliphatic carbocycles. The molecule has 0 heterocycles. The van der Waals surface area contributed by atoms with E-state index in [9.17, 15) is 4.79 Å². The van der Waals surface area contributed by atoms with Gasteiger partial charge < -0.3 is 15.5 Å². The van der Waals surface area contributed by atoms with E-state index >= 15 is 0 Å². The zero-order valence-electron chi connectivity index (χ0n) is 16.3. The molecule has 0 saturated heterocycles.